The second kappa shape index (κ2) is 6.96. The first kappa shape index (κ1) is 16.8. The largest absolute Gasteiger partial charge is 0.493 e. The lowest BCUT2D eigenvalue weighted by atomic mass is 10.00. The Labute approximate surface area is 160 Å². The van der Waals surface area contributed by atoms with E-state index in [0.717, 1.165) is 33.5 Å². The topological polar surface area (TPSA) is 56.2 Å². The van der Waals surface area contributed by atoms with E-state index in [1.165, 1.54) is 0 Å². The second-order valence-electron chi connectivity index (χ2n) is 6.35. The zero-order valence-electron chi connectivity index (χ0n) is 14.3. The molecule has 4 rings (SSSR count). The van der Waals surface area contributed by atoms with E-state index in [-0.39, 0.29) is 11.9 Å². The van der Waals surface area contributed by atoms with Crippen LogP contribution >= 0.6 is 15.9 Å². The summed E-state index contributed by atoms with van der Waals surface area (Å²) in [4.78, 5) is 12.7. The van der Waals surface area contributed by atoms with Crippen molar-refractivity contribution >= 4 is 21.8 Å². The number of carbonyl (C=O) groups is 1. The number of halogens is 1. The number of fused-ring (bicyclic) bond motifs is 1. The number of hydrogen-bond donors (Lipinski definition) is 1. The highest BCUT2D eigenvalue weighted by molar-refractivity contribution is 9.10. The van der Waals surface area contributed by atoms with Gasteiger partial charge in [0.25, 0.3) is 5.91 Å². The molecule has 26 heavy (non-hydrogen) atoms. The summed E-state index contributed by atoms with van der Waals surface area (Å²) in [6.45, 7) is 2.59. The number of carbonyl (C=O) groups excluding carboxylic acids is 1. The molecule has 5 nitrogen and oxygen atoms in total. The monoisotopic (exact) mass is 411 g/mol. The van der Waals surface area contributed by atoms with Gasteiger partial charge in [0.05, 0.1) is 24.5 Å². The molecule has 0 fully saturated rings. The van der Waals surface area contributed by atoms with E-state index in [1.807, 2.05) is 55.6 Å². The molecule has 132 valence electrons. The van der Waals surface area contributed by atoms with Crippen LogP contribution in [0.15, 0.2) is 59.3 Å². The molecular formula is C20H18BrN3O2. The van der Waals surface area contributed by atoms with Crippen molar-refractivity contribution in [2.24, 2.45) is 0 Å². The number of nitrogens with zero attached hydrogens (tertiary/aromatic N) is 2. The van der Waals surface area contributed by atoms with Crippen LogP contribution in [-0.2, 0) is 0 Å². The van der Waals surface area contributed by atoms with Gasteiger partial charge in [-0.2, -0.15) is 5.10 Å². The van der Waals surface area contributed by atoms with E-state index in [1.54, 1.807) is 10.9 Å². The molecule has 0 radical (unpaired) electrons. The third-order valence-corrected chi connectivity index (χ3v) is 4.92. The van der Waals surface area contributed by atoms with Crippen molar-refractivity contribution in [3.8, 4) is 11.4 Å². The number of aryl methyl sites for hydroxylation is 1. The maximum absolute atomic E-state index is 12.7. The molecule has 1 aliphatic heterocycles. The Morgan fingerprint density at radius 1 is 1.27 bits per heavy atom. The molecule has 0 bridgehead atoms. The predicted molar refractivity (Wildman–Crippen MR) is 103 cm³/mol. The van der Waals surface area contributed by atoms with Crippen LogP contribution in [0.3, 0.4) is 0 Å². The van der Waals surface area contributed by atoms with Crippen molar-refractivity contribution in [1.82, 2.24) is 15.1 Å². The molecule has 1 atom stereocenters. The summed E-state index contributed by atoms with van der Waals surface area (Å²) in [5.41, 5.74) is 3.65. The molecular weight excluding hydrogens is 394 g/mol. The number of benzene rings is 2. The van der Waals surface area contributed by atoms with E-state index >= 15 is 0 Å². The fraction of sp³-hybridized carbons (Fsp3) is 0.200. The molecule has 0 saturated carbocycles. The molecule has 1 amide bonds. The summed E-state index contributed by atoms with van der Waals surface area (Å²) in [5, 5.41) is 7.40. The standard InChI is InChI=1S/C20H18BrN3O2/c1-13-11-22-24(12-13)16-5-2-14(3-6-16)20(25)23-18-8-9-26-19-7-4-15(21)10-17(18)19/h2-7,10-12,18H,8-9H2,1H3,(H,23,25). The minimum absolute atomic E-state index is 0.0582. The molecule has 1 aromatic heterocycles. The first-order valence-corrected chi connectivity index (χ1v) is 9.24. The molecule has 6 heteroatoms. The molecule has 1 unspecified atom stereocenters. The van der Waals surface area contributed by atoms with Gasteiger partial charge in [0.15, 0.2) is 0 Å². The summed E-state index contributed by atoms with van der Waals surface area (Å²) in [6, 6.07) is 13.3. The van der Waals surface area contributed by atoms with Gasteiger partial charge in [-0.25, -0.2) is 4.68 Å². The van der Waals surface area contributed by atoms with Crippen LogP contribution in [0, 0.1) is 6.92 Å². The Kier molecular flexibility index (Phi) is 4.51. The molecule has 0 saturated heterocycles. The number of ether oxygens (including phenoxy) is 1. The Morgan fingerprint density at radius 3 is 2.81 bits per heavy atom. The van der Waals surface area contributed by atoms with E-state index in [0.29, 0.717) is 12.2 Å². The summed E-state index contributed by atoms with van der Waals surface area (Å²) >= 11 is 3.48. The van der Waals surface area contributed by atoms with Gasteiger partial charge in [0.1, 0.15) is 5.75 Å². The molecule has 3 aromatic rings. The van der Waals surface area contributed by atoms with E-state index in [9.17, 15) is 4.79 Å². The van der Waals surface area contributed by atoms with Gasteiger partial charge in [-0.1, -0.05) is 15.9 Å². The quantitative estimate of drug-likeness (QED) is 0.702. The van der Waals surface area contributed by atoms with E-state index in [4.69, 9.17) is 4.74 Å². The molecule has 0 spiro atoms. The van der Waals surface area contributed by atoms with Gasteiger partial charge in [-0.05, 0) is 55.0 Å². The fourth-order valence-corrected chi connectivity index (χ4v) is 3.46. The van der Waals surface area contributed by atoms with E-state index < -0.39 is 0 Å². The number of amides is 1. The van der Waals surface area contributed by atoms with Crippen LogP contribution in [0.5, 0.6) is 5.75 Å². The first-order valence-electron chi connectivity index (χ1n) is 8.45. The lowest BCUT2D eigenvalue weighted by Crippen LogP contribution is -2.32. The summed E-state index contributed by atoms with van der Waals surface area (Å²) in [5.74, 6) is 0.736. The van der Waals surface area contributed by atoms with Crippen molar-refractivity contribution in [2.45, 2.75) is 19.4 Å². The number of hydrogen-bond acceptors (Lipinski definition) is 3. The normalized spacial score (nSPS) is 15.8. The lowest BCUT2D eigenvalue weighted by molar-refractivity contribution is 0.0925. The van der Waals surface area contributed by atoms with E-state index in [2.05, 4.69) is 26.3 Å². The minimum atomic E-state index is -0.0916. The summed E-state index contributed by atoms with van der Waals surface area (Å²) < 4.78 is 8.45. The summed E-state index contributed by atoms with van der Waals surface area (Å²) in [7, 11) is 0. The fourth-order valence-electron chi connectivity index (χ4n) is 3.08. The molecule has 1 aliphatic rings. The van der Waals surface area contributed by atoms with Gasteiger partial charge in [0.2, 0.25) is 0 Å². The maximum Gasteiger partial charge on any atom is 0.251 e. The average Bonchev–Trinajstić information content (AvgIpc) is 3.09. The van der Waals surface area contributed by atoms with Crippen LogP contribution in [0.4, 0.5) is 0 Å². The Bertz CT molecular complexity index is 950. The van der Waals surface area contributed by atoms with Crippen LogP contribution in [-0.4, -0.2) is 22.3 Å². The zero-order chi connectivity index (χ0) is 18.1. The third kappa shape index (κ3) is 3.37. The first-order chi connectivity index (χ1) is 12.6. The number of aromatic nitrogens is 2. The highest BCUT2D eigenvalue weighted by atomic mass is 79.9. The smallest absolute Gasteiger partial charge is 0.251 e. The SMILES string of the molecule is Cc1cnn(-c2ccc(C(=O)NC3CCOc4ccc(Br)cc43)cc2)c1. The average molecular weight is 412 g/mol. The molecule has 0 aliphatic carbocycles. The predicted octanol–water partition coefficient (Wildman–Crippen LogP) is 4.20. The van der Waals surface area contributed by atoms with Gasteiger partial charge >= 0.3 is 0 Å². The van der Waals surface area contributed by atoms with Crippen LogP contribution < -0.4 is 10.1 Å². The highest BCUT2D eigenvalue weighted by Gasteiger charge is 2.23. The Balaban J connectivity index is 1.52. The second-order valence-corrected chi connectivity index (χ2v) is 7.27. The minimum Gasteiger partial charge on any atom is -0.493 e. The van der Waals surface area contributed by atoms with Crippen molar-refractivity contribution in [3.05, 3.63) is 76.0 Å². The Hall–Kier alpha value is -2.60. The third-order valence-electron chi connectivity index (χ3n) is 4.42. The number of nitrogens with one attached hydrogen (secondary N) is 1. The van der Waals surface area contributed by atoms with Gasteiger partial charge in [0, 0.05) is 28.2 Å². The molecule has 2 aromatic carbocycles. The maximum atomic E-state index is 12.7. The van der Waals surface area contributed by atoms with Crippen molar-refractivity contribution in [3.63, 3.8) is 0 Å². The van der Waals surface area contributed by atoms with Gasteiger partial charge in [-0.15, -0.1) is 0 Å². The van der Waals surface area contributed by atoms with Crippen molar-refractivity contribution < 1.29 is 9.53 Å². The van der Waals surface area contributed by atoms with Gasteiger partial charge in [-0.3, -0.25) is 4.79 Å². The zero-order valence-corrected chi connectivity index (χ0v) is 15.9. The van der Waals surface area contributed by atoms with Crippen molar-refractivity contribution in [1.29, 1.82) is 0 Å². The molecule has 2 heterocycles. The van der Waals surface area contributed by atoms with Gasteiger partial charge < -0.3 is 10.1 Å². The highest BCUT2D eigenvalue weighted by Crippen LogP contribution is 2.34. The summed E-state index contributed by atoms with van der Waals surface area (Å²) in [6.07, 6.45) is 4.51. The Morgan fingerprint density at radius 2 is 2.08 bits per heavy atom. The number of rotatable bonds is 3. The van der Waals surface area contributed by atoms with Crippen LogP contribution in [0.1, 0.15) is 33.9 Å². The molecule has 1 N–H and O–H groups in total. The lowest BCUT2D eigenvalue weighted by Gasteiger charge is -2.27. The van der Waals surface area contributed by atoms with Crippen LogP contribution in [0.25, 0.3) is 5.69 Å². The van der Waals surface area contributed by atoms with Crippen molar-refractivity contribution in [2.75, 3.05) is 6.61 Å². The van der Waals surface area contributed by atoms with Crippen LogP contribution in [0.2, 0.25) is 0 Å².